The molecule has 2 heterocycles. The van der Waals surface area contributed by atoms with E-state index in [0.717, 1.165) is 26.2 Å². The van der Waals surface area contributed by atoms with Crippen molar-refractivity contribution in [1.82, 2.24) is 5.32 Å². The number of nitrogens with zero attached hydrogens (tertiary/aromatic N) is 2. The fourth-order valence-electron chi connectivity index (χ4n) is 3.11. The van der Waals surface area contributed by atoms with E-state index < -0.39 is 0 Å². The van der Waals surface area contributed by atoms with Gasteiger partial charge in [0.1, 0.15) is 0 Å². The van der Waals surface area contributed by atoms with Crippen LogP contribution in [-0.4, -0.2) is 39.3 Å². The van der Waals surface area contributed by atoms with Crippen LogP contribution in [0.4, 0.5) is 11.4 Å². The molecule has 2 aliphatic heterocycles. The average molecular weight is 245 g/mol. The van der Waals surface area contributed by atoms with Crippen LogP contribution in [-0.2, 0) is 0 Å². The Labute approximate surface area is 110 Å². The minimum Gasteiger partial charge on any atom is -0.371 e. The highest BCUT2D eigenvalue weighted by molar-refractivity contribution is 5.75. The minimum atomic E-state index is 0.601. The lowest BCUT2D eigenvalue weighted by atomic mass is 9.98. The summed E-state index contributed by atoms with van der Waals surface area (Å²) in [6.45, 7) is 9.00. The van der Waals surface area contributed by atoms with Gasteiger partial charge in [0, 0.05) is 33.2 Å². The van der Waals surface area contributed by atoms with Crippen LogP contribution < -0.4 is 15.1 Å². The van der Waals surface area contributed by atoms with Crippen molar-refractivity contribution in [3.63, 3.8) is 0 Å². The van der Waals surface area contributed by atoms with Crippen molar-refractivity contribution in [3.8, 4) is 0 Å². The molecule has 3 nitrogen and oxygen atoms in total. The smallest absolute Gasteiger partial charge is 0.0610 e. The summed E-state index contributed by atoms with van der Waals surface area (Å²) in [7, 11) is 2.21. The Morgan fingerprint density at radius 3 is 2.89 bits per heavy atom. The summed E-state index contributed by atoms with van der Waals surface area (Å²) in [6.07, 6.45) is 0. The minimum absolute atomic E-state index is 0.601. The van der Waals surface area contributed by atoms with Gasteiger partial charge in [0.2, 0.25) is 0 Å². The Hall–Kier alpha value is -1.22. The molecule has 0 radical (unpaired) electrons. The van der Waals surface area contributed by atoms with Crippen LogP contribution in [0, 0.1) is 0 Å². The van der Waals surface area contributed by atoms with E-state index in [1.165, 1.54) is 16.9 Å². The molecule has 1 atom stereocenters. The predicted molar refractivity (Wildman–Crippen MR) is 77.8 cm³/mol. The fourth-order valence-corrected chi connectivity index (χ4v) is 3.11. The van der Waals surface area contributed by atoms with Crippen LogP contribution >= 0.6 is 0 Å². The largest absolute Gasteiger partial charge is 0.371 e. The Kier molecular flexibility index (Phi) is 2.94. The number of nitrogens with one attached hydrogen (secondary N) is 1. The van der Waals surface area contributed by atoms with E-state index in [4.69, 9.17) is 0 Å². The van der Waals surface area contributed by atoms with Gasteiger partial charge in [0.25, 0.3) is 0 Å². The van der Waals surface area contributed by atoms with E-state index in [2.05, 4.69) is 54.2 Å². The third kappa shape index (κ3) is 1.87. The topological polar surface area (TPSA) is 18.5 Å². The van der Waals surface area contributed by atoms with Gasteiger partial charge >= 0.3 is 0 Å². The molecule has 3 rings (SSSR count). The van der Waals surface area contributed by atoms with Crippen molar-refractivity contribution in [2.75, 3.05) is 43.0 Å². The highest BCUT2D eigenvalue weighted by Crippen LogP contribution is 2.37. The molecule has 1 saturated heterocycles. The Morgan fingerprint density at radius 1 is 1.28 bits per heavy atom. The normalized spacial score (nSPS) is 23.0. The van der Waals surface area contributed by atoms with Gasteiger partial charge < -0.3 is 15.1 Å². The van der Waals surface area contributed by atoms with E-state index in [0.29, 0.717) is 12.0 Å². The highest BCUT2D eigenvalue weighted by atomic mass is 15.3. The van der Waals surface area contributed by atoms with Crippen LogP contribution in [0.1, 0.15) is 25.3 Å². The van der Waals surface area contributed by atoms with Gasteiger partial charge in [0.15, 0.2) is 0 Å². The number of hydrogen-bond acceptors (Lipinski definition) is 3. The van der Waals surface area contributed by atoms with Gasteiger partial charge in [-0.3, -0.25) is 0 Å². The maximum absolute atomic E-state index is 3.50. The van der Waals surface area contributed by atoms with Crippen LogP contribution in [0.25, 0.3) is 0 Å². The van der Waals surface area contributed by atoms with Crippen molar-refractivity contribution in [1.29, 1.82) is 0 Å². The summed E-state index contributed by atoms with van der Waals surface area (Å²) >= 11 is 0. The van der Waals surface area contributed by atoms with Crippen LogP contribution in [0.3, 0.4) is 0 Å². The molecule has 1 fully saturated rings. The Bertz CT molecular complexity index is 441. The predicted octanol–water partition coefficient (Wildman–Crippen LogP) is 2.04. The zero-order valence-electron chi connectivity index (χ0n) is 11.6. The summed E-state index contributed by atoms with van der Waals surface area (Å²) < 4.78 is 0. The number of piperazine rings is 1. The molecule has 1 unspecified atom stereocenters. The van der Waals surface area contributed by atoms with E-state index in [1.54, 1.807) is 0 Å². The third-order valence-corrected chi connectivity index (χ3v) is 4.22. The van der Waals surface area contributed by atoms with Crippen molar-refractivity contribution in [3.05, 3.63) is 23.8 Å². The SMILES string of the molecule is CC(C)c1ccc2c(c1)N1CCNCC1CN2C. The van der Waals surface area contributed by atoms with Crippen molar-refractivity contribution < 1.29 is 0 Å². The lowest BCUT2D eigenvalue weighted by molar-refractivity contribution is 0.465. The second kappa shape index (κ2) is 4.47. The molecule has 0 aliphatic carbocycles. The van der Waals surface area contributed by atoms with E-state index in [1.807, 2.05) is 0 Å². The summed E-state index contributed by atoms with van der Waals surface area (Å²) in [5, 5.41) is 3.50. The number of rotatable bonds is 1. The Morgan fingerprint density at radius 2 is 2.11 bits per heavy atom. The van der Waals surface area contributed by atoms with Crippen LogP contribution in [0.5, 0.6) is 0 Å². The molecule has 98 valence electrons. The van der Waals surface area contributed by atoms with Gasteiger partial charge in [-0.05, 0) is 23.6 Å². The van der Waals surface area contributed by atoms with Crippen molar-refractivity contribution in [2.45, 2.75) is 25.8 Å². The van der Waals surface area contributed by atoms with Gasteiger partial charge in [-0.25, -0.2) is 0 Å². The van der Waals surface area contributed by atoms with Gasteiger partial charge in [-0.2, -0.15) is 0 Å². The molecule has 18 heavy (non-hydrogen) atoms. The lowest BCUT2D eigenvalue weighted by Crippen LogP contribution is -2.58. The second-order valence-corrected chi connectivity index (χ2v) is 5.83. The number of likely N-dealkylation sites (N-methyl/N-ethyl adjacent to an activating group) is 1. The third-order valence-electron chi connectivity index (χ3n) is 4.22. The fraction of sp³-hybridized carbons (Fsp3) is 0.600. The number of anilines is 2. The standard InChI is InChI=1S/C15H23N3/c1-11(2)12-4-5-14-15(8-12)18-7-6-16-9-13(18)10-17(14)3/h4-5,8,11,13,16H,6-7,9-10H2,1-3H3. The summed E-state index contributed by atoms with van der Waals surface area (Å²) in [5.74, 6) is 0.601. The molecule has 1 aromatic rings. The van der Waals surface area contributed by atoms with Crippen LogP contribution in [0.2, 0.25) is 0 Å². The highest BCUT2D eigenvalue weighted by Gasteiger charge is 2.30. The first-order chi connectivity index (χ1) is 8.66. The molecular weight excluding hydrogens is 222 g/mol. The molecule has 1 aromatic carbocycles. The first-order valence-corrected chi connectivity index (χ1v) is 6.99. The summed E-state index contributed by atoms with van der Waals surface area (Å²) in [6, 6.07) is 7.60. The molecule has 0 saturated carbocycles. The van der Waals surface area contributed by atoms with Crippen molar-refractivity contribution in [2.24, 2.45) is 0 Å². The molecule has 3 heteroatoms. The summed E-state index contributed by atoms with van der Waals surface area (Å²) in [4.78, 5) is 4.99. The quantitative estimate of drug-likeness (QED) is 0.817. The number of fused-ring (bicyclic) bond motifs is 3. The second-order valence-electron chi connectivity index (χ2n) is 5.83. The number of benzene rings is 1. The molecule has 0 amide bonds. The molecule has 2 aliphatic rings. The lowest BCUT2D eigenvalue weighted by Gasteiger charge is -2.46. The first kappa shape index (κ1) is 11.8. The zero-order valence-corrected chi connectivity index (χ0v) is 11.6. The molecule has 0 spiro atoms. The molecule has 1 N–H and O–H groups in total. The molecular formula is C15H23N3. The maximum atomic E-state index is 3.50. The van der Waals surface area contributed by atoms with E-state index in [9.17, 15) is 0 Å². The zero-order chi connectivity index (χ0) is 12.7. The van der Waals surface area contributed by atoms with Gasteiger partial charge in [-0.1, -0.05) is 19.9 Å². The van der Waals surface area contributed by atoms with E-state index >= 15 is 0 Å². The maximum Gasteiger partial charge on any atom is 0.0610 e. The Balaban J connectivity index is 2.03. The van der Waals surface area contributed by atoms with Gasteiger partial charge in [0.05, 0.1) is 17.4 Å². The van der Waals surface area contributed by atoms with E-state index in [-0.39, 0.29) is 0 Å². The van der Waals surface area contributed by atoms with Gasteiger partial charge in [-0.15, -0.1) is 0 Å². The number of hydrogen-bond donors (Lipinski definition) is 1. The average Bonchev–Trinajstić information content (AvgIpc) is 2.38. The summed E-state index contributed by atoms with van der Waals surface area (Å²) in [5.41, 5.74) is 4.26. The van der Waals surface area contributed by atoms with Crippen molar-refractivity contribution >= 4 is 11.4 Å². The first-order valence-electron chi connectivity index (χ1n) is 6.99. The molecule has 0 bridgehead atoms. The monoisotopic (exact) mass is 245 g/mol. The van der Waals surface area contributed by atoms with Crippen LogP contribution in [0.15, 0.2) is 18.2 Å². The molecule has 0 aromatic heterocycles.